The van der Waals surface area contributed by atoms with Crippen molar-refractivity contribution in [3.8, 4) is 11.8 Å². The number of rotatable bonds is 2. The first kappa shape index (κ1) is 13.8. The number of hydrogen-bond acceptors (Lipinski definition) is 2. The van der Waals surface area contributed by atoms with Gasteiger partial charge in [-0.2, -0.15) is 0 Å². The van der Waals surface area contributed by atoms with Crippen molar-refractivity contribution in [3.63, 3.8) is 0 Å². The molecule has 2 nitrogen and oxygen atoms in total. The van der Waals surface area contributed by atoms with Crippen molar-refractivity contribution in [1.29, 1.82) is 0 Å². The topological polar surface area (TPSA) is 26.3 Å². The SMILES string of the molecule is C=C(C)C(=O)OC(C)(C#CC)C(C)(C)C. The van der Waals surface area contributed by atoms with Crippen LogP contribution in [-0.4, -0.2) is 11.6 Å². The fourth-order valence-electron chi connectivity index (χ4n) is 0.877. The lowest BCUT2D eigenvalue weighted by Gasteiger charge is -2.36. The highest BCUT2D eigenvalue weighted by molar-refractivity contribution is 5.87. The normalized spacial score (nSPS) is 14.5. The molecule has 0 bridgehead atoms. The Morgan fingerprint density at radius 3 is 2.00 bits per heavy atom. The van der Waals surface area contributed by atoms with Crippen molar-refractivity contribution in [2.75, 3.05) is 0 Å². The minimum atomic E-state index is -0.780. The zero-order valence-electron chi connectivity index (χ0n) is 10.5. The minimum absolute atomic E-state index is 0.235. The van der Waals surface area contributed by atoms with Gasteiger partial charge in [0.15, 0.2) is 5.60 Å². The van der Waals surface area contributed by atoms with Crippen LogP contribution in [0.2, 0.25) is 0 Å². The molecule has 0 aliphatic carbocycles. The molecule has 0 aromatic heterocycles. The summed E-state index contributed by atoms with van der Waals surface area (Å²) in [6, 6.07) is 0. The van der Waals surface area contributed by atoms with E-state index in [1.165, 1.54) is 0 Å². The second-order valence-corrected chi connectivity index (χ2v) is 4.83. The predicted octanol–water partition coefficient (Wildman–Crippen LogP) is 2.93. The third-order valence-corrected chi connectivity index (χ3v) is 2.44. The van der Waals surface area contributed by atoms with Gasteiger partial charge < -0.3 is 4.74 Å². The molecular formula is C13H20O2. The summed E-state index contributed by atoms with van der Waals surface area (Å²) in [4.78, 5) is 11.5. The molecule has 0 rings (SSSR count). The Morgan fingerprint density at radius 1 is 1.27 bits per heavy atom. The van der Waals surface area contributed by atoms with Crippen LogP contribution in [0.15, 0.2) is 12.2 Å². The van der Waals surface area contributed by atoms with E-state index >= 15 is 0 Å². The van der Waals surface area contributed by atoms with E-state index in [9.17, 15) is 4.79 Å². The van der Waals surface area contributed by atoms with Gasteiger partial charge in [-0.25, -0.2) is 4.79 Å². The maximum absolute atomic E-state index is 11.5. The Balaban J connectivity index is 5.05. The monoisotopic (exact) mass is 208 g/mol. The fourth-order valence-corrected chi connectivity index (χ4v) is 0.877. The molecule has 0 aromatic carbocycles. The van der Waals surface area contributed by atoms with Gasteiger partial charge in [0.1, 0.15) is 0 Å². The van der Waals surface area contributed by atoms with Gasteiger partial charge in [0.2, 0.25) is 0 Å². The van der Waals surface area contributed by atoms with E-state index in [0.717, 1.165) is 0 Å². The van der Waals surface area contributed by atoms with Crippen LogP contribution in [0, 0.1) is 17.3 Å². The Hall–Kier alpha value is -1.23. The van der Waals surface area contributed by atoms with Gasteiger partial charge in [-0.05, 0) is 20.8 Å². The van der Waals surface area contributed by atoms with Crippen LogP contribution in [0.3, 0.4) is 0 Å². The van der Waals surface area contributed by atoms with E-state index in [-0.39, 0.29) is 5.41 Å². The van der Waals surface area contributed by atoms with Crippen molar-refractivity contribution in [2.45, 2.75) is 47.1 Å². The highest BCUT2D eigenvalue weighted by atomic mass is 16.6. The molecular weight excluding hydrogens is 188 g/mol. The van der Waals surface area contributed by atoms with Gasteiger partial charge >= 0.3 is 5.97 Å². The molecule has 0 spiro atoms. The zero-order chi connectivity index (χ0) is 12.3. The number of carbonyl (C=O) groups is 1. The van der Waals surface area contributed by atoms with E-state index in [1.54, 1.807) is 13.8 Å². The number of carbonyl (C=O) groups excluding carboxylic acids is 1. The molecule has 0 fully saturated rings. The van der Waals surface area contributed by atoms with Gasteiger partial charge in [0.25, 0.3) is 0 Å². The third kappa shape index (κ3) is 3.43. The molecule has 0 amide bonds. The van der Waals surface area contributed by atoms with Gasteiger partial charge in [0, 0.05) is 11.0 Å². The average Bonchev–Trinajstić information content (AvgIpc) is 2.02. The van der Waals surface area contributed by atoms with Crippen LogP contribution in [0.25, 0.3) is 0 Å². The lowest BCUT2D eigenvalue weighted by molar-refractivity contribution is -0.156. The van der Waals surface area contributed by atoms with E-state index in [0.29, 0.717) is 5.57 Å². The summed E-state index contributed by atoms with van der Waals surface area (Å²) < 4.78 is 5.39. The van der Waals surface area contributed by atoms with Gasteiger partial charge in [-0.1, -0.05) is 33.3 Å². The zero-order valence-corrected chi connectivity index (χ0v) is 10.5. The van der Waals surface area contributed by atoms with E-state index in [4.69, 9.17) is 4.74 Å². The van der Waals surface area contributed by atoms with Gasteiger partial charge in [-0.15, -0.1) is 5.92 Å². The number of hydrogen-bond donors (Lipinski definition) is 0. The molecule has 1 atom stereocenters. The number of ether oxygens (including phenoxy) is 1. The average molecular weight is 208 g/mol. The maximum atomic E-state index is 11.5. The Labute approximate surface area is 92.7 Å². The van der Waals surface area contributed by atoms with E-state index < -0.39 is 11.6 Å². The summed E-state index contributed by atoms with van der Waals surface area (Å²) in [5, 5.41) is 0. The maximum Gasteiger partial charge on any atom is 0.334 e. The Kier molecular flexibility index (Phi) is 4.16. The summed E-state index contributed by atoms with van der Waals surface area (Å²) in [5.41, 5.74) is -0.623. The molecule has 2 heteroatoms. The van der Waals surface area contributed by atoms with Crippen LogP contribution in [0.1, 0.15) is 41.5 Å². The molecule has 15 heavy (non-hydrogen) atoms. The molecule has 0 radical (unpaired) electrons. The molecule has 0 saturated heterocycles. The van der Waals surface area contributed by atoms with Crippen molar-refractivity contribution in [3.05, 3.63) is 12.2 Å². The van der Waals surface area contributed by atoms with Gasteiger partial charge in [0.05, 0.1) is 0 Å². The summed E-state index contributed by atoms with van der Waals surface area (Å²) in [5.74, 6) is 5.36. The first-order chi connectivity index (χ1) is 6.64. The smallest absolute Gasteiger partial charge is 0.334 e. The van der Waals surface area contributed by atoms with Crippen LogP contribution in [0.5, 0.6) is 0 Å². The minimum Gasteiger partial charge on any atom is -0.442 e. The molecule has 1 unspecified atom stereocenters. The van der Waals surface area contributed by atoms with Crippen LogP contribution in [-0.2, 0) is 9.53 Å². The lowest BCUT2D eigenvalue weighted by Crippen LogP contribution is -2.43. The quantitative estimate of drug-likeness (QED) is 0.396. The molecule has 84 valence electrons. The summed E-state index contributed by atoms with van der Waals surface area (Å²) >= 11 is 0. The van der Waals surface area contributed by atoms with Crippen molar-refractivity contribution in [2.24, 2.45) is 5.41 Å². The second kappa shape index (κ2) is 4.53. The van der Waals surface area contributed by atoms with Crippen molar-refractivity contribution >= 4 is 5.97 Å². The molecule has 0 aromatic rings. The Morgan fingerprint density at radius 2 is 1.73 bits per heavy atom. The summed E-state index contributed by atoms with van der Waals surface area (Å²) in [7, 11) is 0. The predicted molar refractivity (Wildman–Crippen MR) is 62.2 cm³/mol. The van der Waals surface area contributed by atoms with Crippen LogP contribution < -0.4 is 0 Å². The van der Waals surface area contributed by atoms with E-state index in [2.05, 4.69) is 18.4 Å². The third-order valence-electron chi connectivity index (χ3n) is 2.44. The Bertz CT molecular complexity index is 323. The summed E-state index contributed by atoms with van der Waals surface area (Å²) in [6.07, 6.45) is 0. The molecule has 0 N–H and O–H groups in total. The first-order valence-electron chi connectivity index (χ1n) is 4.97. The highest BCUT2D eigenvalue weighted by Gasteiger charge is 2.39. The lowest BCUT2D eigenvalue weighted by atomic mass is 9.78. The summed E-state index contributed by atoms with van der Waals surface area (Å²) in [6.45, 7) is 14.7. The molecule has 0 heterocycles. The molecule has 0 aliphatic rings. The largest absolute Gasteiger partial charge is 0.442 e. The highest BCUT2D eigenvalue weighted by Crippen LogP contribution is 2.33. The fraction of sp³-hybridized carbons (Fsp3) is 0.615. The van der Waals surface area contributed by atoms with Crippen molar-refractivity contribution in [1.82, 2.24) is 0 Å². The van der Waals surface area contributed by atoms with Gasteiger partial charge in [-0.3, -0.25) is 0 Å². The van der Waals surface area contributed by atoms with E-state index in [1.807, 2.05) is 27.7 Å². The van der Waals surface area contributed by atoms with Crippen LogP contribution in [0.4, 0.5) is 0 Å². The van der Waals surface area contributed by atoms with Crippen LogP contribution >= 0.6 is 0 Å². The first-order valence-corrected chi connectivity index (χ1v) is 4.97. The molecule has 0 saturated carbocycles. The standard InChI is InChI=1S/C13H20O2/c1-8-9-13(7,12(4,5)6)15-11(14)10(2)3/h2H2,1,3-7H3. The number of esters is 1. The second-order valence-electron chi connectivity index (χ2n) is 4.83. The molecule has 0 aliphatic heterocycles. The van der Waals surface area contributed by atoms with Crippen molar-refractivity contribution < 1.29 is 9.53 Å².